The van der Waals surface area contributed by atoms with Gasteiger partial charge in [0.05, 0.1) is 20.2 Å². The molecule has 34 heavy (non-hydrogen) atoms. The number of fused-ring (bicyclic) bond motifs is 1. The van der Waals surface area contributed by atoms with Crippen molar-refractivity contribution < 1.29 is 22.7 Å². The van der Waals surface area contributed by atoms with Crippen LogP contribution in [0.4, 0.5) is 0 Å². The number of hydrogen-bond acceptors (Lipinski definition) is 7. The lowest BCUT2D eigenvalue weighted by molar-refractivity contribution is 0.0505. The Morgan fingerprint density at radius 3 is 2.62 bits per heavy atom. The third kappa shape index (κ3) is 4.01. The Balaban J connectivity index is 1.48. The largest absolute Gasteiger partial charge is 0.497 e. The second-order valence-corrected chi connectivity index (χ2v) is 10.5. The van der Waals surface area contributed by atoms with E-state index in [-0.39, 0.29) is 36.3 Å². The van der Waals surface area contributed by atoms with Crippen molar-refractivity contribution in [1.82, 2.24) is 24.0 Å². The first-order chi connectivity index (χ1) is 16.3. The summed E-state index contributed by atoms with van der Waals surface area (Å²) < 4.78 is 41.8. The van der Waals surface area contributed by atoms with Gasteiger partial charge in [-0.25, -0.2) is 13.4 Å². The molecule has 11 heteroatoms. The predicted molar refractivity (Wildman–Crippen MR) is 122 cm³/mol. The summed E-state index contributed by atoms with van der Waals surface area (Å²) in [5, 5.41) is 4.11. The van der Waals surface area contributed by atoms with Gasteiger partial charge in [-0.3, -0.25) is 9.48 Å². The van der Waals surface area contributed by atoms with Gasteiger partial charge in [-0.15, -0.1) is 5.10 Å². The summed E-state index contributed by atoms with van der Waals surface area (Å²) in [4.78, 5) is 18.8. The highest BCUT2D eigenvalue weighted by molar-refractivity contribution is 7.89. The molecule has 0 saturated carbocycles. The molecule has 178 valence electrons. The summed E-state index contributed by atoms with van der Waals surface area (Å²) in [5.41, 5.74) is -0.0705. The molecule has 0 bridgehead atoms. The smallest absolute Gasteiger partial charge is 0.293 e. The third-order valence-electron chi connectivity index (χ3n) is 6.17. The summed E-state index contributed by atoms with van der Waals surface area (Å²) in [6.45, 7) is 0.916. The van der Waals surface area contributed by atoms with Crippen LogP contribution in [-0.4, -0.2) is 70.6 Å². The number of aryl methyl sites for hydroxylation is 1. The van der Waals surface area contributed by atoms with Gasteiger partial charge in [0.1, 0.15) is 28.3 Å². The van der Waals surface area contributed by atoms with Crippen LogP contribution < -0.4 is 9.47 Å². The fourth-order valence-electron chi connectivity index (χ4n) is 4.44. The molecule has 0 aliphatic carbocycles. The van der Waals surface area contributed by atoms with E-state index in [2.05, 4.69) is 10.1 Å². The minimum absolute atomic E-state index is 0.107. The van der Waals surface area contributed by atoms with Crippen molar-refractivity contribution in [2.75, 3.05) is 26.7 Å². The molecule has 2 aromatic carbocycles. The van der Waals surface area contributed by atoms with Crippen LogP contribution in [0.1, 0.15) is 22.6 Å². The summed E-state index contributed by atoms with van der Waals surface area (Å²) in [5.74, 6) is 0.796. The molecule has 1 amide bonds. The van der Waals surface area contributed by atoms with Gasteiger partial charge in [0, 0.05) is 26.6 Å². The molecule has 1 fully saturated rings. The van der Waals surface area contributed by atoms with Gasteiger partial charge < -0.3 is 14.4 Å². The number of amides is 1. The number of para-hydroxylation sites is 1. The molecule has 1 spiro atoms. The normalized spacial score (nSPS) is 21.6. The molecule has 2 aliphatic rings. The maximum Gasteiger partial charge on any atom is 0.293 e. The molecule has 5 rings (SSSR count). The quantitative estimate of drug-likeness (QED) is 0.556. The van der Waals surface area contributed by atoms with Crippen LogP contribution in [0.15, 0.2) is 59.8 Å². The number of likely N-dealkylation sites (tertiary alicyclic amines) is 1. The van der Waals surface area contributed by atoms with Crippen molar-refractivity contribution in [1.29, 1.82) is 0 Å². The number of aromatic nitrogens is 3. The van der Waals surface area contributed by atoms with Gasteiger partial charge in [0.15, 0.2) is 0 Å². The van der Waals surface area contributed by atoms with E-state index in [1.165, 1.54) is 15.3 Å². The van der Waals surface area contributed by atoms with E-state index in [0.717, 1.165) is 5.56 Å². The Hall–Kier alpha value is -3.44. The highest BCUT2D eigenvalue weighted by Crippen LogP contribution is 2.39. The fourth-order valence-corrected chi connectivity index (χ4v) is 6.06. The van der Waals surface area contributed by atoms with E-state index >= 15 is 0 Å². The monoisotopic (exact) mass is 483 g/mol. The maximum atomic E-state index is 13.6. The van der Waals surface area contributed by atoms with Crippen LogP contribution in [0.2, 0.25) is 0 Å². The molecule has 1 saturated heterocycles. The number of carbonyl (C=O) groups excluding carboxylic acids is 1. The third-order valence-corrected chi connectivity index (χ3v) is 8.00. The van der Waals surface area contributed by atoms with Crippen LogP contribution in [0.5, 0.6) is 11.5 Å². The molecule has 3 aromatic rings. The molecule has 3 heterocycles. The standard InChI is InChI=1S/C23H25N5O5S/c1-26-16-24-21(25-26)22(29)27-12-11-23(14-27)15-28(13-17-7-9-18(32-2)10-8-17)34(30,31)20-6-4-3-5-19(20)33-23/h3-10,16H,11-15H2,1-2H3. The number of ether oxygens (including phenoxy) is 2. The first-order valence-corrected chi connectivity index (χ1v) is 12.3. The van der Waals surface area contributed by atoms with E-state index in [0.29, 0.717) is 24.5 Å². The van der Waals surface area contributed by atoms with Crippen LogP contribution in [-0.2, 0) is 23.6 Å². The Labute approximate surface area is 197 Å². The Kier molecular flexibility index (Phi) is 5.53. The van der Waals surface area contributed by atoms with Gasteiger partial charge in [-0.2, -0.15) is 4.31 Å². The molecular weight excluding hydrogens is 458 g/mol. The van der Waals surface area contributed by atoms with Crippen molar-refractivity contribution in [3.63, 3.8) is 0 Å². The second-order valence-electron chi connectivity index (χ2n) is 8.57. The van der Waals surface area contributed by atoms with Crippen molar-refractivity contribution in [2.24, 2.45) is 7.05 Å². The van der Waals surface area contributed by atoms with Gasteiger partial charge in [0.25, 0.3) is 5.91 Å². The molecule has 10 nitrogen and oxygen atoms in total. The van der Waals surface area contributed by atoms with Gasteiger partial charge in [0.2, 0.25) is 15.8 Å². The van der Waals surface area contributed by atoms with Crippen molar-refractivity contribution in [2.45, 2.75) is 23.5 Å². The Morgan fingerprint density at radius 2 is 1.91 bits per heavy atom. The maximum absolute atomic E-state index is 13.6. The van der Waals surface area contributed by atoms with E-state index in [1.807, 2.05) is 12.1 Å². The van der Waals surface area contributed by atoms with E-state index in [4.69, 9.17) is 9.47 Å². The summed E-state index contributed by atoms with van der Waals surface area (Å²) in [6.07, 6.45) is 1.95. The lowest BCUT2D eigenvalue weighted by atomic mass is 10.0. The lowest BCUT2D eigenvalue weighted by Crippen LogP contribution is -2.49. The summed E-state index contributed by atoms with van der Waals surface area (Å²) in [6, 6.07) is 13.9. The number of rotatable bonds is 4. The average molecular weight is 484 g/mol. The van der Waals surface area contributed by atoms with Crippen molar-refractivity contribution in [3.05, 3.63) is 66.2 Å². The number of carbonyl (C=O) groups is 1. The molecule has 0 N–H and O–H groups in total. The molecule has 1 atom stereocenters. The van der Waals surface area contributed by atoms with E-state index in [9.17, 15) is 13.2 Å². The van der Waals surface area contributed by atoms with Crippen molar-refractivity contribution in [3.8, 4) is 11.5 Å². The van der Waals surface area contributed by atoms with Crippen LogP contribution in [0.3, 0.4) is 0 Å². The van der Waals surface area contributed by atoms with Crippen LogP contribution >= 0.6 is 0 Å². The number of sulfonamides is 1. The van der Waals surface area contributed by atoms with Gasteiger partial charge in [-0.1, -0.05) is 24.3 Å². The van der Waals surface area contributed by atoms with E-state index < -0.39 is 15.6 Å². The minimum atomic E-state index is -3.84. The zero-order valence-electron chi connectivity index (χ0n) is 18.9. The number of benzene rings is 2. The van der Waals surface area contributed by atoms with Gasteiger partial charge in [-0.05, 0) is 29.8 Å². The highest BCUT2D eigenvalue weighted by atomic mass is 32.2. The minimum Gasteiger partial charge on any atom is -0.497 e. The molecular formula is C23H25N5O5S. The predicted octanol–water partition coefficient (Wildman–Crippen LogP) is 1.69. The fraction of sp³-hybridized carbons (Fsp3) is 0.348. The van der Waals surface area contributed by atoms with Crippen LogP contribution in [0.25, 0.3) is 0 Å². The van der Waals surface area contributed by atoms with Crippen LogP contribution in [0, 0.1) is 0 Å². The Morgan fingerprint density at radius 1 is 1.15 bits per heavy atom. The number of hydrogen-bond donors (Lipinski definition) is 0. The van der Waals surface area contributed by atoms with Crippen molar-refractivity contribution >= 4 is 15.9 Å². The zero-order chi connectivity index (χ0) is 23.9. The molecule has 0 radical (unpaired) electrons. The lowest BCUT2D eigenvalue weighted by Gasteiger charge is -2.31. The first-order valence-electron chi connectivity index (χ1n) is 10.9. The highest BCUT2D eigenvalue weighted by Gasteiger charge is 2.49. The molecule has 1 aromatic heterocycles. The summed E-state index contributed by atoms with van der Waals surface area (Å²) >= 11 is 0. The molecule has 1 unspecified atom stereocenters. The number of methoxy groups -OCH3 is 1. The Bertz CT molecular complexity index is 1320. The number of nitrogens with zero attached hydrogens (tertiary/aromatic N) is 5. The average Bonchev–Trinajstić information content (AvgIpc) is 3.43. The SMILES string of the molecule is COc1ccc(CN2CC3(CCN(C(=O)c4ncn(C)n4)C3)Oc3ccccc3S2(=O)=O)cc1. The first kappa shape index (κ1) is 22.4. The van der Waals surface area contributed by atoms with E-state index in [1.54, 1.807) is 55.5 Å². The topological polar surface area (TPSA) is 107 Å². The molecule has 2 aliphatic heterocycles. The zero-order valence-corrected chi connectivity index (χ0v) is 19.7. The van der Waals surface area contributed by atoms with Gasteiger partial charge >= 0.3 is 0 Å². The summed E-state index contributed by atoms with van der Waals surface area (Å²) in [7, 11) is -0.557. The second kappa shape index (κ2) is 8.41.